The van der Waals surface area contributed by atoms with Crippen molar-refractivity contribution in [3.63, 3.8) is 0 Å². The van der Waals surface area contributed by atoms with E-state index >= 15 is 0 Å². The lowest BCUT2D eigenvalue weighted by Crippen LogP contribution is -2.53. The minimum absolute atomic E-state index is 0.116. The van der Waals surface area contributed by atoms with Crippen molar-refractivity contribution in [3.05, 3.63) is 68.4 Å². The number of pyridine rings is 1. The highest BCUT2D eigenvalue weighted by Gasteiger charge is 2.32. The fraction of sp³-hybridized carbons (Fsp3) is 0.346. The van der Waals surface area contributed by atoms with E-state index in [1.807, 2.05) is 13.1 Å². The van der Waals surface area contributed by atoms with Gasteiger partial charge in [-0.3, -0.25) is 24.3 Å². The SMILES string of the molecule is CN1Cc2nc(C(=O)N[C@@H]3C=C(C(=O)N(C)C)CC[C@@H]3NC(=O)c3cc4ccc(Cl)cc4cn3)sc2C1. The molecular weight excluding hydrogens is 512 g/mol. The van der Waals surface area contributed by atoms with Gasteiger partial charge in [-0.1, -0.05) is 23.7 Å². The molecule has 0 bridgehead atoms. The smallest absolute Gasteiger partial charge is 0.280 e. The van der Waals surface area contributed by atoms with Gasteiger partial charge in [0.25, 0.3) is 11.8 Å². The minimum atomic E-state index is -0.579. The summed E-state index contributed by atoms with van der Waals surface area (Å²) < 4.78 is 0. The van der Waals surface area contributed by atoms with Crippen LogP contribution in [0.2, 0.25) is 5.02 Å². The topological polar surface area (TPSA) is 108 Å². The van der Waals surface area contributed by atoms with Gasteiger partial charge in [0.2, 0.25) is 5.91 Å². The molecule has 0 radical (unpaired) electrons. The van der Waals surface area contributed by atoms with E-state index in [1.165, 1.54) is 16.2 Å². The Kier molecular flexibility index (Phi) is 6.98. The highest BCUT2D eigenvalue weighted by atomic mass is 35.5. The zero-order chi connectivity index (χ0) is 26.3. The number of likely N-dealkylation sites (N-methyl/N-ethyl adjacent to an activating group) is 1. The number of rotatable bonds is 5. The molecule has 2 aromatic heterocycles. The summed E-state index contributed by atoms with van der Waals surface area (Å²) in [7, 11) is 5.39. The second-order valence-corrected chi connectivity index (χ2v) is 11.2. The highest BCUT2D eigenvalue weighted by Crippen LogP contribution is 2.28. The Balaban J connectivity index is 1.36. The zero-order valence-corrected chi connectivity index (χ0v) is 22.3. The Bertz CT molecular complexity index is 1410. The number of aromatic nitrogens is 2. The second-order valence-electron chi connectivity index (χ2n) is 9.63. The van der Waals surface area contributed by atoms with Crippen molar-refractivity contribution in [1.82, 2.24) is 30.4 Å². The largest absolute Gasteiger partial charge is 0.346 e. The highest BCUT2D eigenvalue weighted by molar-refractivity contribution is 7.13. The summed E-state index contributed by atoms with van der Waals surface area (Å²) in [6, 6.07) is 6.10. The number of nitrogens with zero attached hydrogens (tertiary/aromatic N) is 4. The van der Waals surface area contributed by atoms with E-state index in [0.29, 0.717) is 35.0 Å². The first-order valence-electron chi connectivity index (χ1n) is 11.9. The van der Waals surface area contributed by atoms with Gasteiger partial charge in [0.15, 0.2) is 5.01 Å². The number of hydrogen-bond acceptors (Lipinski definition) is 7. The molecule has 2 N–H and O–H groups in total. The van der Waals surface area contributed by atoms with Crippen LogP contribution in [0.5, 0.6) is 0 Å². The molecular formula is C26H27ClN6O3S. The van der Waals surface area contributed by atoms with Gasteiger partial charge >= 0.3 is 0 Å². The molecule has 9 nitrogen and oxygen atoms in total. The molecule has 2 atom stereocenters. The molecule has 1 aliphatic carbocycles. The summed E-state index contributed by atoms with van der Waals surface area (Å²) >= 11 is 7.43. The van der Waals surface area contributed by atoms with Crippen molar-refractivity contribution in [2.45, 2.75) is 38.0 Å². The van der Waals surface area contributed by atoms with Crippen LogP contribution in [0, 0.1) is 0 Å². The maximum atomic E-state index is 13.2. The molecule has 11 heteroatoms. The lowest BCUT2D eigenvalue weighted by molar-refractivity contribution is -0.125. The predicted molar refractivity (Wildman–Crippen MR) is 143 cm³/mol. The lowest BCUT2D eigenvalue weighted by atomic mass is 9.90. The van der Waals surface area contributed by atoms with E-state index in [0.717, 1.165) is 27.9 Å². The monoisotopic (exact) mass is 538 g/mol. The average Bonchev–Trinajstić information content (AvgIpc) is 3.41. The molecule has 3 amide bonds. The Morgan fingerprint density at radius 3 is 2.68 bits per heavy atom. The molecule has 192 valence electrons. The maximum Gasteiger partial charge on any atom is 0.280 e. The van der Waals surface area contributed by atoms with Crippen LogP contribution in [0.1, 0.15) is 43.7 Å². The molecule has 0 fully saturated rings. The number of halogens is 1. The van der Waals surface area contributed by atoms with Gasteiger partial charge in [-0.25, -0.2) is 4.98 Å². The van der Waals surface area contributed by atoms with Crippen molar-refractivity contribution in [2.24, 2.45) is 0 Å². The number of benzene rings is 1. The van der Waals surface area contributed by atoms with Gasteiger partial charge in [0, 0.05) is 54.2 Å². The minimum Gasteiger partial charge on any atom is -0.346 e. The van der Waals surface area contributed by atoms with Crippen LogP contribution in [0.25, 0.3) is 10.8 Å². The molecule has 1 aliphatic heterocycles. The van der Waals surface area contributed by atoms with Gasteiger partial charge in [-0.2, -0.15) is 0 Å². The van der Waals surface area contributed by atoms with Gasteiger partial charge < -0.3 is 15.5 Å². The number of thiazole rings is 1. The number of nitrogens with one attached hydrogen (secondary N) is 2. The molecule has 0 saturated heterocycles. The average molecular weight is 539 g/mol. The van der Waals surface area contributed by atoms with Crippen LogP contribution in [-0.2, 0) is 17.9 Å². The summed E-state index contributed by atoms with van der Waals surface area (Å²) in [4.78, 5) is 52.5. The Morgan fingerprint density at radius 2 is 1.92 bits per heavy atom. The molecule has 2 aliphatic rings. The first-order chi connectivity index (χ1) is 17.7. The molecule has 0 unspecified atom stereocenters. The van der Waals surface area contributed by atoms with Crippen molar-refractivity contribution in [2.75, 3.05) is 21.1 Å². The summed E-state index contributed by atoms with van der Waals surface area (Å²) in [5, 5.41) is 8.68. The predicted octanol–water partition coefficient (Wildman–Crippen LogP) is 3.00. The Hall–Kier alpha value is -3.34. The van der Waals surface area contributed by atoms with E-state index in [-0.39, 0.29) is 23.4 Å². The third-order valence-electron chi connectivity index (χ3n) is 6.56. The molecule has 37 heavy (non-hydrogen) atoms. The Morgan fingerprint density at radius 1 is 1.11 bits per heavy atom. The number of amides is 3. The van der Waals surface area contributed by atoms with E-state index in [2.05, 4.69) is 25.5 Å². The number of fused-ring (bicyclic) bond motifs is 2. The van der Waals surface area contributed by atoms with Crippen LogP contribution in [0.3, 0.4) is 0 Å². The van der Waals surface area contributed by atoms with Crippen LogP contribution in [0.4, 0.5) is 0 Å². The summed E-state index contributed by atoms with van der Waals surface area (Å²) in [5.74, 6) is -0.787. The van der Waals surface area contributed by atoms with Crippen molar-refractivity contribution < 1.29 is 14.4 Å². The standard InChI is InChI=1S/C26H27ClN6O3S/c1-32(2)26(36)15-5-7-18(29-23(34)20-9-14-4-6-17(27)8-16(14)11-28-20)19(10-15)30-24(35)25-31-21-12-33(3)13-22(21)37-25/h4,6,8-11,18-19H,5,7,12-13H2,1-3H3,(H,29,34)(H,30,35)/t18-,19+/m0/s1. The van der Waals surface area contributed by atoms with E-state index in [9.17, 15) is 14.4 Å². The van der Waals surface area contributed by atoms with E-state index in [4.69, 9.17) is 11.6 Å². The van der Waals surface area contributed by atoms with Crippen LogP contribution >= 0.6 is 22.9 Å². The van der Waals surface area contributed by atoms with Crippen LogP contribution < -0.4 is 10.6 Å². The lowest BCUT2D eigenvalue weighted by Gasteiger charge is -2.31. The van der Waals surface area contributed by atoms with E-state index in [1.54, 1.807) is 44.6 Å². The molecule has 0 spiro atoms. The fourth-order valence-electron chi connectivity index (χ4n) is 4.65. The number of carbonyl (C=O) groups excluding carboxylic acids is 3. The summed E-state index contributed by atoms with van der Waals surface area (Å²) in [5.41, 5.74) is 1.79. The number of carbonyl (C=O) groups is 3. The normalized spacial score (nSPS) is 19.3. The van der Waals surface area contributed by atoms with Crippen LogP contribution in [-0.4, -0.2) is 70.7 Å². The first kappa shape index (κ1) is 25.3. The summed E-state index contributed by atoms with van der Waals surface area (Å²) in [6.45, 7) is 1.49. The third-order valence-corrected chi connectivity index (χ3v) is 7.87. The van der Waals surface area contributed by atoms with E-state index < -0.39 is 12.1 Å². The molecule has 1 aromatic carbocycles. The quantitative estimate of drug-likeness (QED) is 0.517. The summed E-state index contributed by atoms with van der Waals surface area (Å²) in [6.07, 6.45) is 4.34. The van der Waals surface area contributed by atoms with Gasteiger partial charge in [0.1, 0.15) is 5.69 Å². The molecule has 5 rings (SSSR count). The van der Waals surface area contributed by atoms with Gasteiger partial charge in [-0.15, -0.1) is 11.3 Å². The second kappa shape index (κ2) is 10.2. The Labute approximate surface area is 223 Å². The van der Waals surface area contributed by atoms with Crippen molar-refractivity contribution in [3.8, 4) is 0 Å². The third kappa shape index (κ3) is 5.36. The molecule has 3 heterocycles. The van der Waals surface area contributed by atoms with Crippen molar-refractivity contribution in [1.29, 1.82) is 0 Å². The zero-order valence-electron chi connectivity index (χ0n) is 20.7. The maximum absolute atomic E-state index is 13.2. The first-order valence-corrected chi connectivity index (χ1v) is 13.1. The molecule has 0 saturated carbocycles. The van der Waals surface area contributed by atoms with Crippen LogP contribution in [0.15, 0.2) is 42.1 Å². The van der Waals surface area contributed by atoms with Crippen molar-refractivity contribution >= 4 is 51.4 Å². The number of hydrogen-bond donors (Lipinski definition) is 2. The van der Waals surface area contributed by atoms with Gasteiger partial charge in [0.05, 0.1) is 17.8 Å². The fourth-order valence-corrected chi connectivity index (χ4v) is 5.89. The van der Waals surface area contributed by atoms with Gasteiger partial charge in [-0.05, 0) is 43.5 Å². The molecule has 3 aromatic rings.